The Morgan fingerprint density at radius 2 is 1.63 bits per heavy atom. The molecular weight excluding hydrogens is 238 g/mol. The molecule has 3 heteroatoms. The maximum atomic E-state index is 12.5. The Morgan fingerprint density at radius 1 is 1.11 bits per heavy atom. The third-order valence-electron chi connectivity index (χ3n) is 5.70. The molecule has 4 rings (SSSR count). The lowest BCUT2D eigenvalue weighted by Crippen LogP contribution is -2.52. The Kier molecular flexibility index (Phi) is 3.36. The van der Waals surface area contributed by atoms with E-state index >= 15 is 0 Å². The van der Waals surface area contributed by atoms with Crippen molar-refractivity contribution in [1.29, 1.82) is 0 Å². The van der Waals surface area contributed by atoms with Crippen molar-refractivity contribution in [2.45, 2.75) is 46.0 Å². The number of hydrogen-bond acceptors (Lipinski definition) is 2. The molecule has 1 amide bonds. The van der Waals surface area contributed by atoms with E-state index in [0.717, 1.165) is 11.8 Å². The highest BCUT2D eigenvalue weighted by atomic mass is 16.3. The summed E-state index contributed by atoms with van der Waals surface area (Å²) in [5, 5.41) is 12.4. The van der Waals surface area contributed by atoms with Crippen LogP contribution >= 0.6 is 0 Å². The molecule has 0 unspecified atom stereocenters. The lowest BCUT2D eigenvalue weighted by Gasteiger charge is -2.53. The maximum Gasteiger partial charge on any atom is 0.223 e. The molecule has 3 nitrogen and oxygen atoms in total. The Morgan fingerprint density at radius 3 is 2.11 bits per heavy atom. The van der Waals surface area contributed by atoms with Crippen LogP contribution in [0.4, 0.5) is 0 Å². The van der Waals surface area contributed by atoms with Gasteiger partial charge in [-0.05, 0) is 55.8 Å². The van der Waals surface area contributed by atoms with E-state index in [1.54, 1.807) is 0 Å². The smallest absolute Gasteiger partial charge is 0.223 e. The third-order valence-corrected chi connectivity index (χ3v) is 5.70. The highest BCUT2D eigenvalue weighted by Crippen LogP contribution is 2.56. The summed E-state index contributed by atoms with van der Waals surface area (Å²) >= 11 is 0. The van der Waals surface area contributed by atoms with E-state index in [4.69, 9.17) is 0 Å². The summed E-state index contributed by atoms with van der Waals surface area (Å²) in [5.41, 5.74) is -0.207. The van der Waals surface area contributed by atoms with Crippen LogP contribution in [0.15, 0.2) is 0 Å². The van der Waals surface area contributed by atoms with Crippen molar-refractivity contribution in [2.24, 2.45) is 35.0 Å². The molecule has 0 heterocycles. The third kappa shape index (κ3) is 2.54. The molecule has 108 valence electrons. The standard InChI is InChI=1S/C16H27NO2/c1-16(2,9-18)8-17-15(19)14-12-4-10-3-11(6-12)7-13(14)5-10/h10-14,18H,3-9H2,1-2H3,(H,17,19). The summed E-state index contributed by atoms with van der Waals surface area (Å²) in [4.78, 5) is 12.5. The summed E-state index contributed by atoms with van der Waals surface area (Å²) in [6.45, 7) is 4.69. The minimum atomic E-state index is -0.207. The van der Waals surface area contributed by atoms with Crippen molar-refractivity contribution in [2.75, 3.05) is 13.2 Å². The molecule has 0 aromatic carbocycles. The first-order valence-corrected chi connectivity index (χ1v) is 7.87. The first-order valence-electron chi connectivity index (χ1n) is 7.87. The number of carbonyl (C=O) groups is 1. The van der Waals surface area contributed by atoms with Crippen LogP contribution in [0.1, 0.15) is 46.0 Å². The Balaban J connectivity index is 1.61. The molecular formula is C16H27NO2. The van der Waals surface area contributed by atoms with Gasteiger partial charge < -0.3 is 10.4 Å². The number of rotatable bonds is 4. The maximum absolute atomic E-state index is 12.5. The molecule has 0 aromatic heterocycles. The monoisotopic (exact) mass is 265 g/mol. The molecule has 0 atom stereocenters. The summed E-state index contributed by atoms with van der Waals surface area (Å²) in [7, 11) is 0. The van der Waals surface area contributed by atoms with E-state index in [-0.39, 0.29) is 23.8 Å². The first-order chi connectivity index (χ1) is 8.98. The molecule has 0 spiro atoms. The second-order valence-electron chi connectivity index (χ2n) is 8.00. The van der Waals surface area contributed by atoms with Gasteiger partial charge >= 0.3 is 0 Å². The van der Waals surface area contributed by atoms with Crippen LogP contribution in [0.25, 0.3) is 0 Å². The average molecular weight is 265 g/mol. The molecule has 0 aromatic rings. The lowest BCUT2D eigenvalue weighted by atomic mass is 9.51. The molecule has 4 saturated carbocycles. The average Bonchev–Trinajstić information content (AvgIpc) is 2.35. The van der Waals surface area contributed by atoms with E-state index in [2.05, 4.69) is 5.32 Å². The second-order valence-corrected chi connectivity index (χ2v) is 8.00. The molecule has 0 radical (unpaired) electrons. The summed E-state index contributed by atoms with van der Waals surface area (Å²) in [5.74, 6) is 3.65. The molecule has 0 saturated heterocycles. The van der Waals surface area contributed by atoms with E-state index in [0.29, 0.717) is 18.4 Å². The number of hydrogen-bond donors (Lipinski definition) is 2. The van der Waals surface area contributed by atoms with Crippen molar-refractivity contribution >= 4 is 5.91 Å². The van der Waals surface area contributed by atoms with Crippen molar-refractivity contribution in [3.05, 3.63) is 0 Å². The molecule has 4 fully saturated rings. The van der Waals surface area contributed by atoms with Gasteiger partial charge in [-0.1, -0.05) is 13.8 Å². The van der Waals surface area contributed by atoms with Crippen LogP contribution in [0.3, 0.4) is 0 Å². The van der Waals surface area contributed by atoms with Gasteiger partial charge in [-0.2, -0.15) is 0 Å². The van der Waals surface area contributed by atoms with Crippen LogP contribution in [0, 0.1) is 35.0 Å². The minimum absolute atomic E-state index is 0.120. The fourth-order valence-corrected chi connectivity index (χ4v) is 4.85. The largest absolute Gasteiger partial charge is 0.396 e. The SMILES string of the molecule is CC(C)(CO)CNC(=O)C1C2CC3CC(C2)CC1C3. The van der Waals surface area contributed by atoms with Gasteiger partial charge in [0.15, 0.2) is 0 Å². The minimum Gasteiger partial charge on any atom is -0.396 e. The fourth-order valence-electron chi connectivity index (χ4n) is 4.85. The molecule has 0 aliphatic heterocycles. The zero-order chi connectivity index (χ0) is 13.6. The van der Waals surface area contributed by atoms with Crippen LogP contribution in [-0.2, 0) is 4.79 Å². The van der Waals surface area contributed by atoms with Crippen molar-refractivity contribution < 1.29 is 9.90 Å². The highest BCUT2D eigenvalue weighted by molar-refractivity contribution is 5.79. The summed E-state index contributed by atoms with van der Waals surface area (Å²) in [6, 6.07) is 0. The molecule has 4 aliphatic rings. The van der Waals surface area contributed by atoms with Crippen LogP contribution in [0.5, 0.6) is 0 Å². The Labute approximate surface area is 116 Å². The second kappa shape index (κ2) is 4.76. The fraction of sp³-hybridized carbons (Fsp3) is 0.938. The van der Waals surface area contributed by atoms with Crippen molar-refractivity contribution in [1.82, 2.24) is 5.32 Å². The molecule has 4 aliphatic carbocycles. The zero-order valence-electron chi connectivity index (χ0n) is 12.2. The van der Waals surface area contributed by atoms with Gasteiger partial charge in [-0.25, -0.2) is 0 Å². The highest BCUT2D eigenvalue weighted by Gasteiger charge is 2.50. The van der Waals surface area contributed by atoms with E-state index in [9.17, 15) is 9.90 Å². The van der Waals surface area contributed by atoms with Gasteiger partial charge in [0.1, 0.15) is 0 Å². The number of carbonyl (C=O) groups excluding carboxylic acids is 1. The topological polar surface area (TPSA) is 49.3 Å². The van der Waals surface area contributed by atoms with Crippen LogP contribution < -0.4 is 5.32 Å². The normalized spacial score (nSPS) is 40.5. The molecule has 4 bridgehead atoms. The summed E-state index contributed by atoms with van der Waals surface area (Å²) in [6.07, 6.45) is 6.57. The summed E-state index contributed by atoms with van der Waals surface area (Å²) < 4.78 is 0. The predicted octanol–water partition coefficient (Wildman–Crippen LogP) is 2.19. The van der Waals surface area contributed by atoms with Gasteiger partial charge in [0, 0.05) is 24.5 Å². The van der Waals surface area contributed by atoms with E-state index < -0.39 is 0 Å². The number of aliphatic hydroxyl groups excluding tert-OH is 1. The Hall–Kier alpha value is -0.570. The van der Waals surface area contributed by atoms with Gasteiger partial charge in [0.25, 0.3) is 0 Å². The number of nitrogens with one attached hydrogen (secondary N) is 1. The van der Waals surface area contributed by atoms with Crippen molar-refractivity contribution in [3.8, 4) is 0 Å². The van der Waals surface area contributed by atoms with Crippen LogP contribution in [0.2, 0.25) is 0 Å². The van der Waals surface area contributed by atoms with Gasteiger partial charge in [0.2, 0.25) is 5.91 Å². The van der Waals surface area contributed by atoms with Crippen LogP contribution in [-0.4, -0.2) is 24.2 Å². The predicted molar refractivity (Wildman–Crippen MR) is 74.4 cm³/mol. The van der Waals surface area contributed by atoms with E-state index in [1.165, 1.54) is 32.1 Å². The number of aliphatic hydroxyl groups is 1. The lowest BCUT2D eigenvalue weighted by molar-refractivity contribution is -0.138. The van der Waals surface area contributed by atoms with Gasteiger partial charge in [0.05, 0.1) is 0 Å². The first kappa shape index (κ1) is 13.4. The zero-order valence-corrected chi connectivity index (χ0v) is 12.2. The molecule has 2 N–H and O–H groups in total. The Bertz CT molecular complexity index is 336. The quantitative estimate of drug-likeness (QED) is 0.818. The van der Waals surface area contributed by atoms with Gasteiger partial charge in [-0.3, -0.25) is 4.79 Å². The number of amides is 1. The van der Waals surface area contributed by atoms with Gasteiger partial charge in [-0.15, -0.1) is 0 Å². The molecule has 19 heavy (non-hydrogen) atoms. The van der Waals surface area contributed by atoms with E-state index in [1.807, 2.05) is 13.8 Å². The van der Waals surface area contributed by atoms with Crippen molar-refractivity contribution in [3.63, 3.8) is 0 Å².